The molecule has 17 heavy (non-hydrogen) atoms. The number of nitrogens with one attached hydrogen (secondary N) is 1. The van der Waals surface area contributed by atoms with Crippen molar-refractivity contribution in [1.82, 2.24) is 10.2 Å². The van der Waals surface area contributed by atoms with E-state index in [0.29, 0.717) is 18.7 Å². The maximum Gasteiger partial charge on any atom is 0.254 e. The number of nitrogens with zero attached hydrogens (tertiary/aromatic N) is 1. The molecule has 0 aromatic heterocycles. The molecule has 0 radical (unpaired) electrons. The van der Waals surface area contributed by atoms with Gasteiger partial charge in [0.2, 0.25) is 0 Å². The van der Waals surface area contributed by atoms with E-state index in [4.69, 9.17) is 11.6 Å². The summed E-state index contributed by atoms with van der Waals surface area (Å²) >= 11 is 5.56. The van der Waals surface area contributed by atoms with Gasteiger partial charge in [-0.1, -0.05) is 11.6 Å². The number of amides is 1. The Bertz CT molecular complexity index is 408. The molecule has 1 aliphatic rings. The highest BCUT2D eigenvalue weighted by Gasteiger charge is 2.18. The predicted molar refractivity (Wildman–Crippen MR) is 67.4 cm³/mol. The molecule has 1 N–H and O–H groups in total. The van der Waals surface area contributed by atoms with Gasteiger partial charge in [0.25, 0.3) is 5.91 Å². The summed E-state index contributed by atoms with van der Waals surface area (Å²) in [5.74, 6) is -0.695. The molecule has 0 bridgehead atoms. The summed E-state index contributed by atoms with van der Waals surface area (Å²) in [5.41, 5.74) is 0.351. The third-order valence-corrected chi connectivity index (χ3v) is 2.88. The molecule has 1 fully saturated rings. The Balaban J connectivity index is 0.00000144. The lowest BCUT2D eigenvalue weighted by molar-refractivity contribution is 0.0735. The Morgan fingerprint density at radius 3 is 2.59 bits per heavy atom. The minimum absolute atomic E-state index is 0. The van der Waals surface area contributed by atoms with E-state index in [9.17, 15) is 9.18 Å². The first-order valence-corrected chi connectivity index (χ1v) is 5.51. The van der Waals surface area contributed by atoms with Crippen LogP contribution in [0.3, 0.4) is 0 Å². The van der Waals surface area contributed by atoms with Crippen LogP contribution in [0.2, 0.25) is 5.02 Å². The number of halogens is 3. The molecule has 1 aromatic carbocycles. The van der Waals surface area contributed by atoms with E-state index in [-0.39, 0.29) is 23.3 Å². The van der Waals surface area contributed by atoms with Gasteiger partial charge in [-0.2, -0.15) is 0 Å². The zero-order valence-corrected chi connectivity index (χ0v) is 10.7. The molecule has 0 atom stereocenters. The fraction of sp³-hybridized carbons (Fsp3) is 0.364. The number of rotatable bonds is 1. The zero-order chi connectivity index (χ0) is 11.5. The highest BCUT2D eigenvalue weighted by Crippen LogP contribution is 2.16. The molecule has 1 heterocycles. The molecule has 94 valence electrons. The average molecular weight is 279 g/mol. The highest BCUT2D eigenvalue weighted by molar-refractivity contribution is 6.30. The Hall–Kier alpha value is -0.840. The first kappa shape index (κ1) is 14.2. The molecule has 1 amide bonds. The first-order chi connectivity index (χ1) is 7.68. The predicted octanol–water partition coefficient (Wildman–Crippen LogP) is 1.95. The summed E-state index contributed by atoms with van der Waals surface area (Å²) in [5, 5.41) is 3.19. The standard InChI is InChI=1S/C11H12ClFN2O.ClH/c12-9-2-1-8(7-10(9)13)11(16)15-5-3-14-4-6-15;/h1-2,7,14H,3-6H2;1H. The number of piperazine rings is 1. The van der Waals surface area contributed by atoms with Gasteiger partial charge >= 0.3 is 0 Å². The van der Waals surface area contributed by atoms with Crippen LogP contribution in [-0.2, 0) is 0 Å². The SMILES string of the molecule is Cl.O=C(c1ccc(Cl)c(F)c1)N1CCNCC1. The van der Waals surface area contributed by atoms with Gasteiger partial charge in [-0.15, -0.1) is 12.4 Å². The van der Waals surface area contributed by atoms with Crippen molar-refractivity contribution < 1.29 is 9.18 Å². The largest absolute Gasteiger partial charge is 0.336 e. The third kappa shape index (κ3) is 3.31. The third-order valence-electron chi connectivity index (χ3n) is 2.57. The normalized spacial score (nSPS) is 15.3. The quantitative estimate of drug-likeness (QED) is 0.852. The monoisotopic (exact) mass is 278 g/mol. The van der Waals surface area contributed by atoms with Crippen LogP contribution >= 0.6 is 24.0 Å². The lowest BCUT2D eigenvalue weighted by atomic mass is 10.2. The van der Waals surface area contributed by atoms with Crippen molar-refractivity contribution in [3.05, 3.63) is 34.6 Å². The molecule has 2 rings (SSSR count). The molecule has 1 aromatic rings. The molecule has 0 spiro atoms. The van der Waals surface area contributed by atoms with Gasteiger partial charge in [-0.3, -0.25) is 4.79 Å². The van der Waals surface area contributed by atoms with Gasteiger partial charge in [0.15, 0.2) is 0 Å². The van der Waals surface area contributed by atoms with Crippen molar-refractivity contribution in [2.75, 3.05) is 26.2 Å². The Morgan fingerprint density at radius 1 is 1.35 bits per heavy atom. The maximum absolute atomic E-state index is 13.2. The second-order valence-electron chi connectivity index (χ2n) is 3.67. The second-order valence-corrected chi connectivity index (χ2v) is 4.08. The summed E-state index contributed by atoms with van der Waals surface area (Å²) in [6, 6.07) is 4.15. The average Bonchev–Trinajstić information content (AvgIpc) is 2.33. The fourth-order valence-electron chi connectivity index (χ4n) is 1.68. The summed E-state index contributed by atoms with van der Waals surface area (Å²) in [7, 11) is 0. The lowest BCUT2D eigenvalue weighted by Crippen LogP contribution is -2.46. The lowest BCUT2D eigenvalue weighted by Gasteiger charge is -2.27. The molecule has 1 aliphatic heterocycles. The summed E-state index contributed by atoms with van der Waals surface area (Å²) in [6.45, 7) is 2.87. The fourth-order valence-corrected chi connectivity index (χ4v) is 1.80. The van der Waals surface area contributed by atoms with Crippen molar-refractivity contribution >= 4 is 29.9 Å². The maximum atomic E-state index is 13.2. The smallest absolute Gasteiger partial charge is 0.254 e. The number of hydrogen-bond acceptors (Lipinski definition) is 2. The number of benzene rings is 1. The molecule has 3 nitrogen and oxygen atoms in total. The van der Waals surface area contributed by atoms with Gasteiger partial charge in [0.05, 0.1) is 5.02 Å². The molecule has 0 saturated carbocycles. The molecule has 6 heteroatoms. The van der Waals surface area contributed by atoms with Gasteiger partial charge in [-0.25, -0.2) is 4.39 Å². The molecule has 0 unspecified atom stereocenters. The zero-order valence-electron chi connectivity index (χ0n) is 9.08. The van der Waals surface area contributed by atoms with Gasteiger partial charge in [0, 0.05) is 31.7 Å². The summed E-state index contributed by atoms with van der Waals surface area (Å²) in [4.78, 5) is 13.7. The van der Waals surface area contributed by atoms with Crippen LogP contribution in [0, 0.1) is 5.82 Å². The van der Waals surface area contributed by atoms with Crippen LogP contribution in [0.15, 0.2) is 18.2 Å². The Kier molecular flexibility index (Phi) is 5.18. The number of hydrogen-bond donors (Lipinski definition) is 1. The van der Waals surface area contributed by atoms with E-state index >= 15 is 0 Å². The van der Waals surface area contributed by atoms with Crippen LogP contribution < -0.4 is 5.32 Å². The molecular weight excluding hydrogens is 266 g/mol. The molecule has 1 saturated heterocycles. The molecule has 0 aliphatic carbocycles. The second kappa shape index (κ2) is 6.19. The van der Waals surface area contributed by atoms with Gasteiger partial charge in [0.1, 0.15) is 5.82 Å². The van der Waals surface area contributed by atoms with Crippen molar-refractivity contribution in [1.29, 1.82) is 0 Å². The first-order valence-electron chi connectivity index (χ1n) is 5.13. The van der Waals surface area contributed by atoms with Crippen LogP contribution in [0.1, 0.15) is 10.4 Å². The van der Waals surface area contributed by atoms with Crippen molar-refractivity contribution in [3.8, 4) is 0 Å². The Morgan fingerprint density at radius 2 is 2.00 bits per heavy atom. The van der Waals surface area contributed by atoms with Crippen LogP contribution in [0.25, 0.3) is 0 Å². The number of carbonyl (C=O) groups is 1. The van der Waals surface area contributed by atoms with Crippen LogP contribution in [0.5, 0.6) is 0 Å². The van der Waals surface area contributed by atoms with E-state index in [1.165, 1.54) is 12.1 Å². The highest BCUT2D eigenvalue weighted by atomic mass is 35.5. The van der Waals surface area contributed by atoms with E-state index in [0.717, 1.165) is 13.1 Å². The van der Waals surface area contributed by atoms with Gasteiger partial charge in [-0.05, 0) is 18.2 Å². The number of carbonyl (C=O) groups excluding carboxylic acids is 1. The van der Waals surface area contributed by atoms with E-state index < -0.39 is 5.82 Å². The van der Waals surface area contributed by atoms with Crippen LogP contribution in [0.4, 0.5) is 4.39 Å². The van der Waals surface area contributed by atoms with Gasteiger partial charge < -0.3 is 10.2 Å². The minimum atomic E-state index is -0.553. The summed E-state index contributed by atoms with van der Waals surface area (Å²) in [6.07, 6.45) is 0. The van der Waals surface area contributed by atoms with Crippen molar-refractivity contribution in [2.24, 2.45) is 0 Å². The minimum Gasteiger partial charge on any atom is -0.336 e. The summed E-state index contributed by atoms with van der Waals surface area (Å²) < 4.78 is 13.2. The van der Waals surface area contributed by atoms with Crippen molar-refractivity contribution in [3.63, 3.8) is 0 Å². The van der Waals surface area contributed by atoms with E-state index in [1.54, 1.807) is 11.0 Å². The van der Waals surface area contributed by atoms with E-state index in [1.807, 2.05) is 0 Å². The van der Waals surface area contributed by atoms with E-state index in [2.05, 4.69) is 5.32 Å². The molecular formula is C11H13Cl2FN2O. The topological polar surface area (TPSA) is 32.3 Å². The van der Waals surface area contributed by atoms with Crippen LogP contribution in [-0.4, -0.2) is 37.0 Å². The van der Waals surface area contributed by atoms with Crippen molar-refractivity contribution in [2.45, 2.75) is 0 Å². The Labute approximate surface area is 110 Å².